The Kier molecular flexibility index (Phi) is 3.31. The highest BCUT2D eigenvalue weighted by atomic mass is 35.5. The zero-order chi connectivity index (χ0) is 12.4. The van der Waals surface area contributed by atoms with Gasteiger partial charge in [0.15, 0.2) is 0 Å². The third kappa shape index (κ3) is 2.40. The van der Waals surface area contributed by atoms with Crippen LogP contribution in [0.1, 0.15) is 0 Å². The van der Waals surface area contributed by atoms with Gasteiger partial charge in [-0.25, -0.2) is 0 Å². The maximum absolute atomic E-state index is 10.9. The van der Waals surface area contributed by atoms with E-state index < -0.39 is 4.92 Å². The van der Waals surface area contributed by atoms with Crippen molar-refractivity contribution >= 4 is 28.9 Å². The van der Waals surface area contributed by atoms with Gasteiger partial charge in [0.1, 0.15) is 0 Å². The van der Waals surface area contributed by atoms with Crippen molar-refractivity contribution in [1.82, 2.24) is 0 Å². The van der Waals surface area contributed by atoms with Crippen molar-refractivity contribution in [3.05, 3.63) is 62.6 Å². The smallest absolute Gasteiger partial charge is 0.258 e. The molecule has 0 amide bonds. The molecule has 2 aromatic carbocycles. The molecule has 0 heterocycles. The van der Waals surface area contributed by atoms with Crippen molar-refractivity contribution in [3.63, 3.8) is 0 Å². The van der Waals surface area contributed by atoms with E-state index >= 15 is 0 Å². The molecule has 5 heteroatoms. The highest BCUT2D eigenvalue weighted by molar-refractivity contribution is 6.42. The van der Waals surface area contributed by atoms with Crippen LogP contribution in [0.3, 0.4) is 0 Å². The molecule has 2 rings (SSSR count). The van der Waals surface area contributed by atoms with Crippen molar-refractivity contribution in [3.8, 4) is 11.1 Å². The highest BCUT2D eigenvalue weighted by Gasteiger charge is 2.14. The molecular weight excluding hydrogens is 261 g/mol. The van der Waals surface area contributed by atoms with E-state index in [2.05, 4.69) is 0 Å². The molecule has 0 saturated heterocycles. The summed E-state index contributed by atoms with van der Waals surface area (Å²) < 4.78 is 0. The Hall–Kier alpha value is -1.58. The van der Waals surface area contributed by atoms with E-state index in [1.54, 1.807) is 36.4 Å². The lowest BCUT2D eigenvalue weighted by Crippen LogP contribution is -1.91. The van der Waals surface area contributed by atoms with E-state index in [1.165, 1.54) is 6.07 Å². The van der Waals surface area contributed by atoms with Crippen molar-refractivity contribution in [2.24, 2.45) is 0 Å². The van der Waals surface area contributed by atoms with Gasteiger partial charge in [-0.05, 0) is 23.8 Å². The molecule has 0 aliphatic rings. The van der Waals surface area contributed by atoms with Gasteiger partial charge in [0, 0.05) is 6.07 Å². The molecule has 17 heavy (non-hydrogen) atoms. The lowest BCUT2D eigenvalue weighted by molar-refractivity contribution is -0.384. The molecule has 0 radical (unpaired) electrons. The first-order valence-electron chi connectivity index (χ1n) is 4.78. The van der Waals surface area contributed by atoms with E-state index in [4.69, 9.17) is 23.2 Å². The zero-order valence-electron chi connectivity index (χ0n) is 8.56. The van der Waals surface area contributed by atoms with Gasteiger partial charge in [0.05, 0.1) is 20.5 Å². The summed E-state index contributed by atoms with van der Waals surface area (Å²) in [5, 5.41) is 11.7. The average Bonchev–Trinajstić information content (AvgIpc) is 2.32. The number of benzene rings is 2. The van der Waals surface area contributed by atoms with E-state index in [0.29, 0.717) is 21.2 Å². The third-order valence-electron chi connectivity index (χ3n) is 2.33. The van der Waals surface area contributed by atoms with Crippen LogP contribution in [-0.2, 0) is 0 Å². The van der Waals surface area contributed by atoms with Gasteiger partial charge in [-0.3, -0.25) is 10.1 Å². The first kappa shape index (κ1) is 11.9. The van der Waals surface area contributed by atoms with E-state index in [-0.39, 0.29) is 5.69 Å². The number of hydrogen-bond acceptors (Lipinski definition) is 2. The molecule has 0 aliphatic carbocycles. The summed E-state index contributed by atoms with van der Waals surface area (Å²) in [5.74, 6) is 0. The number of nitro benzene ring substituents is 1. The topological polar surface area (TPSA) is 43.1 Å². The summed E-state index contributed by atoms with van der Waals surface area (Å²) >= 11 is 11.7. The maximum Gasteiger partial charge on any atom is 0.277 e. The molecule has 0 fully saturated rings. The summed E-state index contributed by atoms with van der Waals surface area (Å²) in [6.45, 7) is 0. The molecule has 3 nitrogen and oxygen atoms in total. The van der Waals surface area contributed by atoms with Crippen molar-refractivity contribution in [1.29, 1.82) is 0 Å². The van der Waals surface area contributed by atoms with Crippen LogP contribution in [-0.4, -0.2) is 4.92 Å². The minimum absolute atomic E-state index is 0.0471. The van der Waals surface area contributed by atoms with Crippen molar-refractivity contribution in [2.75, 3.05) is 0 Å². The van der Waals surface area contributed by atoms with Gasteiger partial charge in [-0.15, -0.1) is 0 Å². The molecule has 0 unspecified atom stereocenters. The van der Waals surface area contributed by atoms with Crippen LogP contribution in [0, 0.1) is 10.1 Å². The predicted molar refractivity (Wildman–Crippen MR) is 68.6 cm³/mol. The molecule has 2 aromatic rings. The van der Waals surface area contributed by atoms with Crippen LogP contribution < -0.4 is 0 Å². The van der Waals surface area contributed by atoms with Gasteiger partial charge < -0.3 is 0 Å². The minimum Gasteiger partial charge on any atom is -0.258 e. The van der Waals surface area contributed by atoms with E-state index in [0.717, 1.165) is 0 Å². The van der Waals surface area contributed by atoms with Crippen LogP contribution in [0.25, 0.3) is 11.1 Å². The Morgan fingerprint density at radius 1 is 1.00 bits per heavy atom. The molecule has 0 aliphatic heterocycles. The van der Waals surface area contributed by atoms with Gasteiger partial charge in [0.25, 0.3) is 5.69 Å². The van der Waals surface area contributed by atoms with Crippen LogP contribution in [0.2, 0.25) is 10.0 Å². The van der Waals surface area contributed by atoms with E-state index in [1.807, 2.05) is 0 Å². The fourth-order valence-corrected chi connectivity index (χ4v) is 1.84. The first-order valence-corrected chi connectivity index (χ1v) is 5.54. The van der Waals surface area contributed by atoms with Gasteiger partial charge in [-0.2, -0.15) is 0 Å². The second-order valence-electron chi connectivity index (χ2n) is 3.40. The monoisotopic (exact) mass is 267 g/mol. The Balaban J connectivity index is 2.60. The fraction of sp³-hybridized carbons (Fsp3) is 0. The molecule has 0 N–H and O–H groups in total. The predicted octanol–water partition coefficient (Wildman–Crippen LogP) is 4.57. The zero-order valence-corrected chi connectivity index (χ0v) is 10.1. The number of rotatable bonds is 2. The Morgan fingerprint density at radius 2 is 1.71 bits per heavy atom. The van der Waals surface area contributed by atoms with Crippen molar-refractivity contribution in [2.45, 2.75) is 0 Å². The fourth-order valence-electron chi connectivity index (χ4n) is 1.54. The number of hydrogen-bond donors (Lipinski definition) is 0. The molecule has 0 atom stereocenters. The second-order valence-corrected chi connectivity index (χ2v) is 4.22. The summed E-state index contributed by atoms with van der Waals surface area (Å²) in [7, 11) is 0. The van der Waals surface area contributed by atoms with Gasteiger partial charge in [0.2, 0.25) is 0 Å². The summed E-state index contributed by atoms with van der Waals surface area (Å²) in [5.41, 5.74) is 1.24. The lowest BCUT2D eigenvalue weighted by Gasteiger charge is -2.04. The average molecular weight is 268 g/mol. The SMILES string of the molecule is O=[N+]([O-])c1ccccc1-c1ccc(Cl)c(Cl)c1. The largest absolute Gasteiger partial charge is 0.277 e. The van der Waals surface area contributed by atoms with Crippen molar-refractivity contribution < 1.29 is 4.92 Å². The quantitative estimate of drug-likeness (QED) is 0.591. The normalized spacial score (nSPS) is 10.2. The standard InChI is InChI=1S/C12H7Cl2NO2/c13-10-6-5-8(7-11(10)14)9-3-1-2-4-12(9)15(16)17/h1-7H. The van der Waals surface area contributed by atoms with Gasteiger partial charge >= 0.3 is 0 Å². The maximum atomic E-state index is 10.9. The second kappa shape index (κ2) is 4.73. The summed E-state index contributed by atoms with van der Waals surface area (Å²) in [6, 6.07) is 11.4. The molecule has 0 aromatic heterocycles. The van der Waals surface area contributed by atoms with Crippen LogP contribution >= 0.6 is 23.2 Å². The van der Waals surface area contributed by atoms with Crippen LogP contribution in [0.4, 0.5) is 5.69 Å². The third-order valence-corrected chi connectivity index (χ3v) is 3.07. The molecule has 0 saturated carbocycles. The van der Waals surface area contributed by atoms with Crippen LogP contribution in [0.15, 0.2) is 42.5 Å². The number of nitro groups is 1. The lowest BCUT2D eigenvalue weighted by atomic mass is 10.0. The Morgan fingerprint density at radius 3 is 2.35 bits per heavy atom. The molecular formula is C12H7Cl2NO2. The van der Waals surface area contributed by atoms with Crippen LogP contribution in [0.5, 0.6) is 0 Å². The van der Waals surface area contributed by atoms with Gasteiger partial charge in [-0.1, -0.05) is 41.4 Å². The number of para-hydroxylation sites is 1. The summed E-state index contributed by atoms with van der Waals surface area (Å²) in [4.78, 5) is 10.5. The molecule has 0 spiro atoms. The minimum atomic E-state index is -0.419. The Bertz CT molecular complexity index is 584. The molecule has 0 bridgehead atoms. The first-order chi connectivity index (χ1) is 8.09. The number of nitrogens with zero attached hydrogens (tertiary/aromatic N) is 1. The summed E-state index contributed by atoms with van der Waals surface area (Å²) in [6.07, 6.45) is 0. The Labute approximate surface area is 108 Å². The number of halogens is 2. The molecule has 86 valence electrons. The van der Waals surface area contributed by atoms with E-state index in [9.17, 15) is 10.1 Å². The highest BCUT2D eigenvalue weighted by Crippen LogP contribution is 2.33.